The number of rotatable bonds is 5. The fourth-order valence-electron chi connectivity index (χ4n) is 3.39. The molecule has 1 N–H and O–H groups in total. The Balaban J connectivity index is 1.77. The largest absolute Gasteiger partial charge is 0.493 e. The van der Waals surface area contributed by atoms with Crippen LogP contribution in [0.5, 0.6) is 5.75 Å². The number of carbonyl (C=O) groups is 1. The molecule has 1 atom stereocenters. The van der Waals surface area contributed by atoms with Crippen molar-refractivity contribution in [2.75, 3.05) is 11.9 Å². The summed E-state index contributed by atoms with van der Waals surface area (Å²) in [5, 5.41) is 8.15. The molecule has 0 saturated carbocycles. The third kappa shape index (κ3) is 3.43. The fraction of sp³-hybridized carbons (Fsp3) is 0.238. The van der Waals surface area contributed by atoms with Gasteiger partial charge in [0.2, 0.25) is 5.91 Å². The van der Waals surface area contributed by atoms with Gasteiger partial charge in [0.1, 0.15) is 11.6 Å². The molecule has 3 aromatic rings. The molecule has 0 bridgehead atoms. The predicted octanol–water partition coefficient (Wildman–Crippen LogP) is 4.79. The molecule has 2 aromatic carbocycles. The SMILES string of the molecule is CCCOc1ccccc1[C@H]1CC(=O)Nc2c1cnn2-c1ccc(Cl)cc1. The summed E-state index contributed by atoms with van der Waals surface area (Å²) in [5.74, 6) is 1.39. The van der Waals surface area contributed by atoms with Crippen LogP contribution in [0.2, 0.25) is 5.02 Å². The highest BCUT2D eigenvalue weighted by molar-refractivity contribution is 6.30. The number of benzene rings is 2. The summed E-state index contributed by atoms with van der Waals surface area (Å²) in [4.78, 5) is 12.5. The van der Waals surface area contributed by atoms with Crippen LogP contribution in [-0.4, -0.2) is 22.3 Å². The molecule has 27 heavy (non-hydrogen) atoms. The minimum absolute atomic E-state index is 0.0338. The number of ether oxygens (including phenoxy) is 1. The summed E-state index contributed by atoms with van der Waals surface area (Å²) in [6.07, 6.45) is 3.12. The minimum atomic E-state index is -0.0946. The Morgan fingerprint density at radius 2 is 1.96 bits per heavy atom. The van der Waals surface area contributed by atoms with Gasteiger partial charge in [0.25, 0.3) is 0 Å². The lowest BCUT2D eigenvalue weighted by atomic mass is 9.87. The van der Waals surface area contributed by atoms with Crippen molar-refractivity contribution in [2.24, 2.45) is 0 Å². The van der Waals surface area contributed by atoms with Crippen molar-refractivity contribution in [1.29, 1.82) is 0 Å². The van der Waals surface area contributed by atoms with Gasteiger partial charge in [-0.1, -0.05) is 36.7 Å². The van der Waals surface area contributed by atoms with Crippen LogP contribution in [0.25, 0.3) is 5.69 Å². The molecule has 1 aromatic heterocycles. The van der Waals surface area contributed by atoms with Gasteiger partial charge in [-0.15, -0.1) is 0 Å². The number of carbonyl (C=O) groups excluding carboxylic acids is 1. The van der Waals surface area contributed by atoms with Crippen molar-refractivity contribution in [2.45, 2.75) is 25.7 Å². The average Bonchev–Trinajstić information content (AvgIpc) is 3.10. The number of aromatic nitrogens is 2. The summed E-state index contributed by atoms with van der Waals surface area (Å²) >= 11 is 5.99. The molecule has 0 aliphatic carbocycles. The summed E-state index contributed by atoms with van der Waals surface area (Å²) < 4.78 is 7.66. The maximum absolute atomic E-state index is 12.5. The van der Waals surface area contributed by atoms with E-state index in [0.29, 0.717) is 23.9 Å². The molecular formula is C21H20ClN3O2. The molecule has 0 spiro atoms. The van der Waals surface area contributed by atoms with Gasteiger partial charge in [0.05, 0.1) is 18.5 Å². The van der Waals surface area contributed by atoms with Crippen molar-refractivity contribution in [1.82, 2.24) is 9.78 Å². The van der Waals surface area contributed by atoms with Gasteiger partial charge in [-0.05, 0) is 36.8 Å². The van der Waals surface area contributed by atoms with E-state index in [1.807, 2.05) is 42.6 Å². The van der Waals surface area contributed by atoms with E-state index >= 15 is 0 Å². The number of para-hydroxylation sites is 1. The van der Waals surface area contributed by atoms with Crippen molar-refractivity contribution >= 4 is 23.3 Å². The van der Waals surface area contributed by atoms with E-state index in [9.17, 15) is 4.79 Å². The summed E-state index contributed by atoms with van der Waals surface area (Å²) in [5.41, 5.74) is 2.84. The number of nitrogens with one attached hydrogen (secondary N) is 1. The second kappa shape index (κ2) is 7.45. The Hall–Kier alpha value is -2.79. The van der Waals surface area contributed by atoms with E-state index in [1.165, 1.54) is 0 Å². The second-order valence-corrected chi connectivity index (χ2v) is 6.96. The Morgan fingerprint density at radius 3 is 2.74 bits per heavy atom. The summed E-state index contributed by atoms with van der Waals surface area (Å²) in [7, 11) is 0. The lowest BCUT2D eigenvalue weighted by Gasteiger charge is -2.25. The number of halogens is 1. The van der Waals surface area contributed by atoms with Crippen LogP contribution in [0.1, 0.15) is 36.8 Å². The van der Waals surface area contributed by atoms with Crippen molar-refractivity contribution in [3.05, 3.63) is 70.9 Å². The summed E-state index contributed by atoms with van der Waals surface area (Å²) in [6, 6.07) is 15.3. The van der Waals surface area contributed by atoms with Crippen LogP contribution in [0.4, 0.5) is 5.82 Å². The van der Waals surface area contributed by atoms with Gasteiger partial charge in [0, 0.05) is 28.5 Å². The molecule has 4 rings (SSSR count). The first-order valence-corrected chi connectivity index (χ1v) is 9.40. The van der Waals surface area contributed by atoms with Crippen LogP contribution in [0, 0.1) is 0 Å². The first-order chi connectivity index (χ1) is 13.2. The normalized spacial score (nSPS) is 15.9. The van der Waals surface area contributed by atoms with Crippen molar-refractivity contribution < 1.29 is 9.53 Å². The summed E-state index contributed by atoms with van der Waals surface area (Å²) in [6.45, 7) is 2.72. The van der Waals surface area contributed by atoms with E-state index in [-0.39, 0.29) is 11.8 Å². The van der Waals surface area contributed by atoms with Crippen LogP contribution in [0.15, 0.2) is 54.7 Å². The molecule has 138 valence electrons. The van der Waals surface area contributed by atoms with E-state index in [1.54, 1.807) is 16.8 Å². The molecule has 1 aliphatic heterocycles. The van der Waals surface area contributed by atoms with Crippen molar-refractivity contribution in [3.8, 4) is 11.4 Å². The Morgan fingerprint density at radius 1 is 1.19 bits per heavy atom. The molecule has 2 heterocycles. The number of nitrogens with zero attached hydrogens (tertiary/aromatic N) is 2. The highest BCUT2D eigenvalue weighted by Crippen LogP contribution is 2.41. The molecule has 0 fully saturated rings. The third-order valence-corrected chi connectivity index (χ3v) is 4.90. The monoisotopic (exact) mass is 381 g/mol. The molecule has 0 saturated heterocycles. The highest BCUT2D eigenvalue weighted by atomic mass is 35.5. The van der Waals surface area contributed by atoms with E-state index < -0.39 is 0 Å². The third-order valence-electron chi connectivity index (χ3n) is 4.65. The van der Waals surface area contributed by atoms with Gasteiger partial charge in [0.15, 0.2) is 0 Å². The van der Waals surface area contributed by atoms with E-state index in [2.05, 4.69) is 17.3 Å². The smallest absolute Gasteiger partial charge is 0.226 e. The number of hydrogen-bond acceptors (Lipinski definition) is 3. The van der Waals surface area contributed by atoms with Gasteiger partial charge in [-0.3, -0.25) is 4.79 Å². The van der Waals surface area contributed by atoms with Gasteiger partial charge >= 0.3 is 0 Å². The standard InChI is InChI=1S/C21H20ClN3O2/c1-2-11-27-19-6-4-3-5-16(19)17-12-20(26)24-21-18(17)13-23-25(21)15-9-7-14(22)8-10-15/h3-10,13,17H,2,11-12H2,1H3,(H,24,26)/t17-/m1/s1. The molecule has 1 aliphatic rings. The quantitative estimate of drug-likeness (QED) is 0.691. The number of hydrogen-bond donors (Lipinski definition) is 1. The van der Waals surface area contributed by atoms with Gasteiger partial charge in [-0.2, -0.15) is 5.10 Å². The topological polar surface area (TPSA) is 56.1 Å². The molecular weight excluding hydrogens is 362 g/mol. The van der Waals surface area contributed by atoms with Gasteiger partial charge in [-0.25, -0.2) is 4.68 Å². The molecule has 5 nitrogen and oxygen atoms in total. The lowest BCUT2D eigenvalue weighted by molar-refractivity contribution is -0.116. The maximum Gasteiger partial charge on any atom is 0.226 e. The first-order valence-electron chi connectivity index (χ1n) is 9.02. The average molecular weight is 382 g/mol. The predicted molar refractivity (Wildman–Crippen MR) is 106 cm³/mol. The number of anilines is 1. The zero-order valence-corrected chi connectivity index (χ0v) is 15.7. The Bertz CT molecular complexity index is 966. The van der Waals surface area contributed by atoms with Crippen LogP contribution in [0.3, 0.4) is 0 Å². The van der Waals surface area contributed by atoms with Crippen LogP contribution >= 0.6 is 11.6 Å². The van der Waals surface area contributed by atoms with Crippen molar-refractivity contribution in [3.63, 3.8) is 0 Å². The number of amides is 1. The second-order valence-electron chi connectivity index (χ2n) is 6.53. The zero-order valence-electron chi connectivity index (χ0n) is 15.0. The molecule has 0 unspecified atom stereocenters. The number of fused-ring (bicyclic) bond motifs is 1. The van der Waals surface area contributed by atoms with Crippen LogP contribution in [-0.2, 0) is 4.79 Å². The van der Waals surface area contributed by atoms with E-state index in [4.69, 9.17) is 16.3 Å². The molecule has 6 heteroatoms. The fourth-order valence-corrected chi connectivity index (χ4v) is 3.51. The minimum Gasteiger partial charge on any atom is -0.493 e. The maximum atomic E-state index is 12.5. The van der Waals surface area contributed by atoms with Crippen LogP contribution < -0.4 is 10.1 Å². The molecule has 0 radical (unpaired) electrons. The Labute approximate surface area is 162 Å². The zero-order chi connectivity index (χ0) is 18.8. The first kappa shape index (κ1) is 17.6. The Kier molecular flexibility index (Phi) is 4.86. The highest BCUT2D eigenvalue weighted by Gasteiger charge is 2.32. The van der Waals surface area contributed by atoms with E-state index in [0.717, 1.165) is 29.0 Å². The lowest BCUT2D eigenvalue weighted by Crippen LogP contribution is -2.25. The van der Waals surface area contributed by atoms with Gasteiger partial charge < -0.3 is 10.1 Å². The molecule has 1 amide bonds.